The number of carbonyl (C=O) groups is 2. The van der Waals surface area contributed by atoms with Gasteiger partial charge in [-0.25, -0.2) is 22.0 Å². The molecule has 2 unspecified atom stereocenters. The summed E-state index contributed by atoms with van der Waals surface area (Å²) in [6.07, 6.45) is -0.457. The molecule has 29 heavy (non-hydrogen) atoms. The van der Waals surface area contributed by atoms with Gasteiger partial charge in [0.15, 0.2) is 23.3 Å². The molecule has 2 aromatic rings. The summed E-state index contributed by atoms with van der Waals surface area (Å²) in [6.45, 7) is 1.38. The SMILES string of the molecule is CC1CC(CC(=O)OCc2ccccc2)N(c2c(F)c(F)c(F)c(F)c2F)C1=O. The van der Waals surface area contributed by atoms with Gasteiger partial charge in [0.2, 0.25) is 11.7 Å². The highest BCUT2D eigenvalue weighted by Gasteiger charge is 2.43. The Bertz CT molecular complexity index is 922. The van der Waals surface area contributed by atoms with E-state index in [-0.39, 0.29) is 13.0 Å². The smallest absolute Gasteiger partial charge is 0.308 e. The zero-order chi connectivity index (χ0) is 21.3. The summed E-state index contributed by atoms with van der Waals surface area (Å²) in [5.41, 5.74) is -0.648. The molecular formula is C20H16F5NO3. The van der Waals surface area contributed by atoms with Crippen LogP contribution in [-0.2, 0) is 20.9 Å². The maximum absolute atomic E-state index is 14.2. The van der Waals surface area contributed by atoms with E-state index in [0.717, 1.165) is 0 Å². The fourth-order valence-corrected chi connectivity index (χ4v) is 3.29. The number of nitrogens with zero attached hydrogens (tertiary/aromatic N) is 1. The first kappa shape index (κ1) is 20.8. The van der Waals surface area contributed by atoms with Crippen LogP contribution in [0.15, 0.2) is 30.3 Å². The number of halogens is 5. The Morgan fingerprint density at radius 3 is 2.14 bits per heavy atom. The molecule has 1 amide bonds. The lowest BCUT2D eigenvalue weighted by atomic mass is 10.1. The van der Waals surface area contributed by atoms with Gasteiger partial charge in [-0.2, -0.15) is 0 Å². The summed E-state index contributed by atoms with van der Waals surface area (Å²) in [5, 5.41) is 0. The summed E-state index contributed by atoms with van der Waals surface area (Å²) in [6, 6.07) is 7.59. The fraction of sp³-hybridized carbons (Fsp3) is 0.300. The number of rotatable bonds is 5. The highest BCUT2D eigenvalue weighted by atomic mass is 19.2. The Morgan fingerprint density at radius 2 is 1.55 bits per heavy atom. The van der Waals surface area contributed by atoms with Gasteiger partial charge in [-0.05, 0) is 12.0 Å². The van der Waals surface area contributed by atoms with E-state index >= 15 is 0 Å². The van der Waals surface area contributed by atoms with Gasteiger partial charge in [0, 0.05) is 12.0 Å². The van der Waals surface area contributed by atoms with Crippen LogP contribution in [0.2, 0.25) is 0 Å². The molecule has 2 atom stereocenters. The normalized spacial score (nSPS) is 19.0. The zero-order valence-electron chi connectivity index (χ0n) is 15.2. The number of anilines is 1. The molecule has 4 nitrogen and oxygen atoms in total. The van der Waals surface area contributed by atoms with E-state index in [2.05, 4.69) is 0 Å². The molecule has 0 bridgehead atoms. The number of hydrogen-bond donors (Lipinski definition) is 0. The Labute approximate surface area is 162 Å². The van der Waals surface area contributed by atoms with Crippen molar-refractivity contribution in [3.63, 3.8) is 0 Å². The van der Waals surface area contributed by atoms with E-state index < -0.39 is 65.0 Å². The molecule has 2 aromatic carbocycles. The lowest BCUT2D eigenvalue weighted by Crippen LogP contribution is -2.37. The van der Waals surface area contributed by atoms with Crippen LogP contribution in [0.1, 0.15) is 25.3 Å². The molecule has 0 aliphatic carbocycles. The average molecular weight is 413 g/mol. The van der Waals surface area contributed by atoms with Gasteiger partial charge in [0.1, 0.15) is 12.3 Å². The number of benzene rings is 2. The first-order valence-corrected chi connectivity index (χ1v) is 8.76. The summed E-state index contributed by atoms with van der Waals surface area (Å²) in [7, 11) is 0. The van der Waals surface area contributed by atoms with Crippen LogP contribution in [0.5, 0.6) is 0 Å². The minimum Gasteiger partial charge on any atom is -0.461 e. The molecule has 3 rings (SSSR count). The first-order valence-electron chi connectivity index (χ1n) is 8.76. The van der Waals surface area contributed by atoms with Crippen molar-refractivity contribution in [3.05, 3.63) is 65.0 Å². The molecule has 1 aliphatic rings. The maximum Gasteiger partial charge on any atom is 0.308 e. The zero-order valence-corrected chi connectivity index (χ0v) is 15.2. The Kier molecular flexibility index (Phi) is 5.86. The lowest BCUT2D eigenvalue weighted by Gasteiger charge is -2.25. The van der Waals surface area contributed by atoms with Crippen molar-refractivity contribution in [2.24, 2.45) is 5.92 Å². The van der Waals surface area contributed by atoms with Gasteiger partial charge < -0.3 is 9.64 Å². The van der Waals surface area contributed by atoms with Crippen molar-refractivity contribution in [3.8, 4) is 0 Å². The molecule has 0 radical (unpaired) electrons. The quantitative estimate of drug-likeness (QED) is 0.319. The Hall–Kier alpha value is -2.97. The predicted molar refractivity (Wildman–Crippen MR) is 92.1 cm³/mol. The fourth-order valence-electron chi connectivity index (χ4n) is 3.29. The maximum atomic E-state index is 14.2. The molecule has 0 N–H and O–H groups in total. The second-order valence-corrected chi connectivity index (χ2v) is 6.77. The van der Waals surface area contributed by atoms with Crippen molar-refractivity contribution in [1.29, 1.82) is 0 Å². The standard InChI is InChI=1S/C20H16F5NO3/c1-10-7-12(8-13(27)29-9-11-5-3-2-4-6-11)26(20(10)28)19-17(24)15(22)14(21)16(23)18(19)25/h2-6,10,12H,7-9H2,1H3. The third-order valence-corrected chi connectivity index (χ3v) is 4.72. The van der Waals surface area contributed by atoms with Crippen molar-refractivity contribution in [1.82, 2.24) is 0 Å². The largest absolute Gasteiger partial charge is 0.461 e. The Morgan fingerprint density at radius 1 is 1.00 bits per heavy atom. The predicted octanol–water partition coefficient (Wildman–Crippen LogP) is 4.26. The molecule has 0 saturated carbocycles. The summed E-state index contributed by atoms with van der Waals surface area (Å²) in [5.74, 6) is -13.2. The first-order chi connectivity index (χ1) is 13.7. The number of carbonyl (C=O) groups excluding carboxylic acids is 2. The molecular weight excluding hydrogens is 397 g/mol. The molecule has 0 spiro atoms. The van der Waals surface area contributed by atoms with Crippen LogP contribution in [0.4, 0.5) is 27.6 Å². The summed E-state index contributed by atoms with van der Waals surface area (Å²) in [4.78, 5) is 25.0. The second-order valence-electron chi connectivity index (χ2n) is 6.77. The van der Waals surface area contributed by atoms with Crippen LogP contribution < -0.4 is 4.90 Å². The van der Waals surface area contributed by atoms with Gasteiger partial charge in [-0.3, -0.25) is 9.59 Å². The minimum atomic E-state index is -2.32. The van der Waals surface area contributed by atoms with Gasteiger partial charge in [-0.1, -0.05) is 37.3 Å². The van der Waals surface area contributed by atoms with Crippen LogP contribution in [0.3, 0.4) is 0 Å². The average Bonchev–Trinajstić information content (AvgIpc) is 2.98. The van der Waals surface area contributed by atoms with Gasteiger partial charge >= 0.3 is 5.97 Å². The van der Waals surface area contributed by atoms with E-state index in [1.165, 1.54) is 6.92 Å². The number of ether oxygens (including phenoxy) is 1. The lowest BCUT2D eigenvalue weighted by molar-refractivity contribution is -0.145. The molecule has 154 valence electrons. The molecule has 1 fully saturated rings. The summed E-state index contributed by atoms with van der Waals surface area (Å²) < 4.78 is 74.0. The Balaban J connectivity index is 1.84. The third kappa shape index (κ3) is 3.94. The van der Waals surface area contributed by atoms with E-state index in [1.807, 2.05) is 0 Å². The van der Waals surface area contributed by atoms with E-state index in [4.69, 9.17) is 4.74 Å². The minimum absolute atomic E-state index is 0.00123. The topological polar surface area (TPSA) is 46.6 Å². The number of amides is 1. The van der Waals surface area contributed by atoms with Gasteiger partial charge in [0.05, 0.1) is 6.42 Å². The van der Waals surface area contributed by atoms with Crippen molar-refractivity contribution >= 4 is 17.6 Å². The molecule has 9 heteroatoms. The van der Waals surface area contributed by atoms with Crippen LogP contribution in [-0.4, -0.2) is 17.9 Å². The van der Waals surface area contributed by atoms with Crippen LogP contribution in [0, 0.1) is 35.0 Å². The van der Waals surface area contributed by atoms with Crippen molar-refractivity contribution in [2.45, 2.75) is 32.4 Å². The van der Waals surface area contributed by atoms with Crippen LogP contribution in [0.25, 0.3) is 0 Å². The molecule has 1 heterocycles. The second kappa shape index (κ2) is 8.18. The van der Waals surface area contributed by atoms with Crippen molar-refractivity contribution < 1.29 is 36.3 Å². The molecule has 1 saturated heterocycles. The highest BCUT2D eigenvalue weighted by molar-refractivity contribution is 5.98. The van der Waals surface area contributed by atoms with Gasteiger partial charge in [-0.15, -0.1) is 0 Å². The summed E-state index contributed by atoms with van der Waals surface area (Å²) >= 11 is 0. The molecule has 1 aliphatic heterocycles. The van der Waals surface area contributed by atoms with Crippen LogP contribution >= 0.6 is 0 Å². The highest BCUT2D eigenvalue weighted by Crippen LogP contribution is 2.38. The number of esters is 1. The van der Waals surface area contributed by atoms with Crippen molar-refractivity contribution in [2.75, 3.05) is 4.90 Å². The monoisotopic (exact) mass is 413 g/mol. The molecule has 0 aromatic heterocycles. The van der Waals surface area contributed by atoms with E-state index in [9.17, 15) is 31.5 Å². The number of hydrogen-bond acceptors (Lipinski definition) is 3. The third-order valence-electron chi connectivity index (χ3n) is 4.72. The van der Waals surface area contributed by atoms with Gasteiger partial charge in [0.25, 0.3) is 0 Å². The van der Waals surface area contributed by atoms with E-state index in [0.29, 0.717) is 10.5 Å². The van der Waals surface area contributed by atoms with E-state index in [1.54, 1.807) is 30.3 Å².